The lowest BCUT2D eigenvalue weighted by Crippen LogP contribution is -2.32. The van der Waals surface area contributed by atoms with Crippen LogP contribution < -0.4 is 10.2 Å². The van der Waals surface area contributed by atoms with Gasteiger partial charge in [-0.2, -0.15) is 0 Å². The van der Waals surface area contributed by atoms with Crippen LogP contribution in [0.25, 0.3) is 5.57 Å². The molecule has 1 N–H and O–H groups in total. The molecule has 4 nitrogen and oxygen atoms in total. The van der Waals surface area contributed by atoms with Crippen LogP contribution in [0.1, 0.15) is 33.4 Å². The minimum Gasteiger partial charge on any atom is -0.350 e. The van der Waals surface area contributed by atoms with E-state index in [4.69, 9.17) is 0 Å². The Morgan fingerprint density at radius 2 is 1.29 bits per heavy atom. The first kappa shape index (κ1) is 20.6. The second-order valence-electron chi connectivity index (χ2n) is 8.33. The van der Waals surface area contributed by atoms with Crippen molar-refractivity contribution in [1.82, 2.24) is 0 Å². The summed E-state index contributed by atoms with van der Waals surface area (Å²) >= 11 is 0. The van der Waals surface area contributed by atoms with Gasteiger partial charge in [0.1, 0.15) is 5.70 Å². The van der Waals surface area contributed by atoms with Crippen LogP contribution in [0.2, 0.25) is 0 Å². The molecule has 4 heteroatoms. The van der Waals surface area contributed by atoms with E-state index in [-0.39, 0.29) is 11.8 Å². The second-order valence-corrected chi connectivity index (χ2v) is 8.33. The molecule has 0 aromatic heterocycles. The molecule has 0 spiro atoms. The van der Waals surface area contributed by atoms with Gasteiger partial charge in [-0.25, -0.2) is 4.90 Å². The predicted octanol–water partition coefficient (Wildman–Crippen LogP) is 5.63. The van der Waals surface area contributed by atoms with Crippen molar-refractivity contribution in [3.05, 3.63) is 99.7 Å². The Balaban J connectivity index is 1.85. The third-order valence-electron chi connectivity index (χ3n) is 5.66. The summed E-state index contributed by atoms with van der Waals surface area (Å²) in [5.74, 6) is -0.662. The average Bonchev–Trinajstić information content (AvgIpc) is 2.94. The van der Waals surface area contributed by atoms with Crippen LogP contribution in [0.4, 0.5) is 11.4 Å². The summed E-state index contributed by atoms with van der Waals surface area (Å²) in [7, 11) is 0. The maximum absolute atomic E-state index is 13.5. The number of nitrogens with one attached hydrogen (secondary N) is 1. The summed E-state index contributed by atoms with van der Waals surface area (Å²) in [6.45, 7) is 10.0. The number of carbonyl (C=O) groups excluding carboxylic acids is 2. The molecule has 2 amide bonds. The number of carbonyl (C=O) groups is 2. The van der Waals surface area contributed by atoms with Gasteiger partial charge in [0.05, 0.1) is 11.3 Å². The Kier molecular flexibility index (Phi) is 5.24. The van der Waals surface area contributed by atoms with E-state index >= 15 is 0 Å². The average molecular weight is 411 g/mol. The van der Waals surface area contributed by atoms with Crippen molar-refractivity contribution in [2.75, 3.05) is 10.2 Å². The van der Waals surface area contributed by atoms with Crippen molar-refractivity contribution in [2.24, 2.45) is 0 Å². The van der Waals surface area contributed by atoms with Crippen molar-refractivity contribution in [3.63, 3.8) is 0 Å². The number of anilines is 2. The van der Waals surface area contributed by atoms with E-state index in [1.54, 1.807) is 0 Å². The highest BCUT2D eigenvalue weighted by atomic mass is 16.2. The molecule has 1 heterocycles. The maximum atomic E-state index is 13.5. The fraction of sp³-hybridized carbons (Fsp3) is 0.185. The first-order valence-electron chi connectivity index (χ1n) is 10.4. The zero-order chi connectivity index (χ0) is 22.3. The number of hydrogen-bond donors (Lipinski definition) is 1. The molecular formula is C27H26N2O2. The normalized spacial score (nSPS) is 13.9. The van der Waals surface area contributed by atoms with Crippen LogP contribution >= 0.6 is 0 Å². The number of amides is 2. The second kappa shape index (κ2) is 7.88. The Morgan fingerprint density at radius 1 is 0.645 bits per heavy atom. The highest BCUT2D eigenvalue weighted by Gasteiger charge is 2.40. The number of nitrogens with zero attached hydrogens (tertiary/aromatic N) is 1. The molecule has 1 aliphatic rings. The van der Waals surface area contributed by atoms with E-state index in [1.807, 2.05) is 89.2 Å². The van der Waals surface area contributed by atoms with Gasteiger partial charge in [-0.1, -0.05) is 42.0 Å². The Hall–Kier alpha value is -3.66. The predicted molar refractivity (Wildman–Crippen MR) is 126 cm³/mol. The molecule has 0 aliphatic carbocycles. The van der Waals surface area contributed by atoms with Crippen LogP contribution in [0.3, 0.4) is 0 Å². The summed E-state index contributed by atoms with van der Waals surface area (Å²) in [6, 6.07) is 19.3. The molecule has 0 saturated heterocycles. The smallest absolute Gasteiger partial charge is 0.282 e. The van der Waals surface area contributed by atoms with Gasteiger partial charge in [0, 0.05) is 5.69 Å². The van der Waals surface area contributed by atoms with E-state index in [9.17, 15) is 9.59 Å². The maximum Gasteiger partial charge on any atom is 0.282 e. The van der Waals surface area contributed by atoms with Gasteiger partial charge in [0.2, 0.25) is 0 Å². The van der Waals surface area contributed by atoms with E-state index in [2.05, 4.69) is 11.4 Å². The van der Waals surface area contributed by atoms with Crippen molar-refractivity contribution in [1.29, 1.82) is 0 Å². The van der Waals surface area contributed by atoms with Crippen LogP contribution in [-0.2, 0) is 9.59 Å². The number of imide groups is 1. The van der Waals surface area contributed by atoms with E-state index < -0.39 is 0 Å². The van der Waals surface area contributed by atoms with E-state index in [0.717, 1.165) is 39.1 Å². The van der Waals surface area contributed by atoms with Crippen molar-refractivity contribution in [2.45, 2.75) is 34.6 Å². The summed E-state index contributed by atoms with van der Waals surface area (Å²) in [4.78, 5) is 28.3. The summed E-state index contributed by atoms with van der Waals surface area (Å²) in [5.41, 5.74) is 8.25. The molecule has 31 heavy (non-hydrogen) atoms. The molecule has 3 aromatic carbocycles. The molecular weight excluding hydrogens is 384 g/mol. The molecule has 0 bridgehead atoms. The molecule has 156 valence electrons. The zero-order valence-electron chi connectivity index (χ0n) is 18.5. The van der Waals surface area contributed by atoms with E-state index in [0.29, 0.717) is 17.0 Å². The van der Waals surface area contributed by atoms with Gasteiger partial charge in [0.15, 0.2) is 0 Å². The van der Waals surface area contributed by atoms with Gasteiger partial charge in [-0.05, 0) is 86.7 Å². The van der Waals surface area contributed by atoms with Crippen LogP contribution in [0.5, 0.6) is 0 Å². The lowest BCUT2D eigenvalue weighted by atomic mass is 9.99. The Morgan fingerprint density at radius 3 is 1.90 bits per heavy atom. The van der Waals surface area contributed by atoms with E-state index in [1.165, 1.54) is 4.90 Å². The molecule has 0 atom stereocenters. The quantitative estimate of drug-likeness (QED) is 0.568. The molecule has 3 aromatic rings. The number of hydrogen-bond acceptors (Lipinski definition) is 3. The molecule has 0 unspecified atom stereocenters. The van der Waals surface area contributed by atoms with Crippen molar-refractivity contribution >= 4 is 28.8 Å². The summed E-state index contributed by atoms with van der Waals surface area (Å²) in [5, 5.41) is 3.26. The number of benzene rings is 3. The van der Waals surface area contributed by atoms with Gasteiger partial charge in [-0.3, -0.25) is 9.59 Å². The fourth-order valence-electron chi connectivity index (χ4n) is 3.93. The lowest BCUT2D eigenvalue weighted by Gasteiger charge is -2.16. The SMILES string of the molecule is Cc1ccc(N2C(=O)C(Nc3cc(C)cc(C)c3)=C(c3ccc(C)c(C)c3)C2=O)cc1. The third kappa shape index (κ3) is 3.89. The first-order valence-corrected chi connectivity index (χ1v) is 10.4. The van der Waals surface area contributed by atoms with Gasteiger partial charge in [0.25, 0.3) is 11.8 Å². The number of rotatable bonds is 4. The van der Waals surface area contributed by atoms with Crippen LogP contribution in [0.15, 0.2) is 66.4 Å². The number of aryl methyl sites for hydroxylation is 5. The molecule has 0 radical (unpaired) electrons. The highest BCUT2D eigenvalue weighted by molar-refractivity contribution is 6.46. The lowest BCUT2D eigenvalue weighted by molar-refractivity contribution is -0.120. The Labute approximate surface area is 183 Å². The first-order chi connectivity index (χ1) is 14.7. The van der Waals surface area contributed by atoms with Gasteiger partial charge in [-0.15, -0.1) is 0 Å². The largest absolute Gasteiger partial charge is 0.350 e. The van der Waals surface area contributed by atoms with Crippen molar-refractivity contribution in [3.8, 4) is 0 Å². The Bertz CT molecular complexity index is 1220. The van der Waals surface area contributed by atoms with Crippen molar-refractivity contribution < 1.29 is 9.59 Å². The topological polar surface area (TPSA) is 49.4 Å². The zero-order valence-corrected chi connectivity index (χ0v) is 18.5. The summed E-state index contributed by atoms with van der Waals surface area (Å²) in [6.07, 6.45) is 0. The minimum absolute atomic E-state index is 0.304. The third-order valence-corrected chi connectivity index (χ3v) is 5.66. The highest BCUT2D eigenvalue weighted by Crippen LogP contribution is 2.34. The molecule has 0 saturated carbocycles. The molecule has 0 fully saturated rings. The minimum atomic E-state index is -0.346. The monoisotopic (exact) mass is 410 g/mol. The van der Waals surface area contributed by atoms with Gasteiger partial charge >= 0.3 is 0 Å². The summed E-state index contributed by atoms with van der Waals surface area (Å²) < 4.78 is 0. The molecule has 4 rings (SSSR count). The fourth-order valence-corrected chi connectivity index (χ4v) is 3.93. The van der Waals surface area contributed by atoms with Crippen LogP contribution in [-0.4, -0.2) is 11.8 Å². The van der Waals surface area contributed by atoms with Crippen LogP contribution in [0, 0.1) is 34.6 Å². The van der Waals surface area contributed by atoms with Gasteiger partial charge < -0.3 is 5.32 Å². The molecule has 1 aliphatic heterocycles. The standard InChI is InChI=1S/C27H26N2O2/c1-16-6-10-23(11-7-16)29-26(30)24(21-9-8-19(4)20(5)15-21)25(27(29)31)28-22-13-17(2)12-18(3)14-22/h6-15,28H,1-5H3.